The van der Waals surface area contributed by atoms with Gasteiger partial charge in [-0.2, -0.15) is 0 Å². The minimum Gasteiger partial charge on any atom is -0.478 e. The molecule has 0 fully saturated rings. The fourth-order valence-corrected chi connectivity index (χ4v) is 3.28. The zero-order valence-corrected chi connectivity index (χ0v) is 11.9. The van der Waals surface area contributed by atoms with Crippen LogP contribution in [0.4, 0.5) is 0 Å². The first-order valence-corrected chi connectivity index (χ1v) is 7.98. The third-order valence-electron chi connectivity index (χ3n) is 1.89. The molecular formula is C11H15O5PS. The molecule has 1 N–H and O–H groups in total. The first-order chi connectivity index (χ1) is 8.50. The van der Waals surface area contributed by atoms with Gasteiger partial charge in [0.15, 0.2) is 0 Å². The summed E-state index contributed by atoms with van der Waals surface area (Å²) in [5, 5.41) is 8.77. The van der Waals surface area contributed by atoms with E-state index in [1.807, 2.05) is 0 Å². The van der Waals surface area contributed by atoms with Gasteiger partial charge in [0, 0.05) is 11.8 Å². The predicted molar refractivity (Wildman–Crippen MR) is 71.6 cm³/mol. The number of rotatable bonds is 7. The van der Waals surface area contributed by atoms with Crippen LogP contribution in [-0.4, -0.2) is 24.3 Å². The average Bonchev–Trinajstić information content (AvgIpc) is 2.30. The van der Waals surface area contributed by atoms with Crippen molar-refractivity contribution in [3.05, 3.63) is 29.8 Å². The van der Waals surface area contributed by atoms with Gasteiger partial charge in [0.25, 0.3) is 0 Å². The van der Waals surface area contributed by atoms with E-state index in [2.05, 4.69) is 0 Å². The molecule has 1 aromatic carbocycles. The van der Waals surface area contributed by atoms with E-state index in [9.17, 15) is 4.79 Å². The van der Waals surface area contributed by atoms with Crippen molar-refractivity contribution in [3.63, 3.8) is 0 Å². The van der Waals surface area contributed by atoms with Crippen LogP contribution in [0.15, 0.2) is 24.3 Å². The lowest BCUT2D eigenvalue weighted by atomic mass is 10.2. The van der Waals surface area contributed by atoms with Crippen LogP contribution in [0.2, 0.25) is 0 Å². The Morgan fingerprint density at radius 1 is 1.22 bits per heavy atom. The summed E-state index contributed by atoms with van der Waals surface area (Å²) in [5.41, 5.74) is 0.184. The molecule has 0 heterocycles. The molecule has 0 spiro atoms. The molecule has 0 unspecified atom stereocenters. The van der Waals surface area contributed by atoms with Gasteiger partial charge in [0.05, 0.1) is 18.8 Å². The van der Waals surface area contributed by atoms with Crippen LogP contribution >= 0.6 is 6.72 Å². The first kappa shape index (κ1) is 15.1. The van der Waals surface area contributed by atoms with Crippen molar-refractivity contribution in [1.29, 1.82) is 0 Å². The second-order valence-electron chi connectivity index (χ2n) is 3.20. The maximum Gasteiger partial charge on any atom is 0.380 e. The van der Waals surface area contributed by atoms with Gasteiger partial charge in [-0.05, 0) is 38.1 Å². The van der Waals surface area contributed by atoms with Gasteiger partial charge in [-0.3, -0.25) is 9.05 Å². The highest BCUT2D eigenvalue weighted by atomic mass is 32.5. The van der Waals surface area contributed by atoms with Gasteiger partial charge in [0.2, 0.25) is 0 Å². The molecule has 1 aromatic rings. The molecular weight excluding hydrogens is 275 g/mol. The van der Waals surface area contributed by atoms with Crippen molar-refractivity contribution in [2.24, 2.45) is 0 Å². The standard InChI is InChI=1S/C11H15O5PS/c1-3-14-17(18,15-4-2)16-10-7-5-9(6-8-10)11(12)13/h5-8H,3-4H2,1-2H3,(H,12,13). The van der Waals surface area contributed by atoms with Crippen molar-refractivity contribution >= 4 is 24.5 Å². The maximum absolute atomic E-state index is 10.7. The minimum atomic E-state index is -2.79. The van der Waals surface area contributed by atoms with E-state index in [1.54, 1.807) is 13.8 Å². The fraction of sp³-hybridized carbons (Fsp3) is 0.364. The molecule has 0 aliphatic heterocycles. The Kier molecular flexibility index (Phi) is 5.75. The Labute approximate surface area is 111 Å². The highest BCUT2D eigenvalue weighted by Gasteiger charge is 2.21. The third kappa shape index (κ3) is 4.38. The molecule has 1 rings (SSSR count). The SMILES string of the molecule is CCOP(=S)(OCC)Oc1ccc(C(=O)O)cc1. The number of hydrogen-bond acceptors (Lipinski definition) is 5. The molecule has 0 radical (unpaired) electrons. The summed E-state index contributed by atoms with van der Waals surface area (Å²) in [6.45, 7) is 1.60. The smallest absolute Gasteiger partial charge is 0.380 e. The topological polar surface area (TPSA) is 65.0 Å². The van der Waals surface area contributed by atoms with Crippen LogP contribution in [0.25, 0.3) is 0 Å². The van der Waals surface area contributed by atoms with Crippen molar-refractivity contribution in [1.82, 2.24) is 0 Å². The predicted octanol–water partition coefficient (Wildman–Crippen LogP) is 3.06. The molecule has 0 amide bonds. The van der Waals surface area contributed by atoms with E-state index in [4.69, 9.17) is 30.5 Å². The Bertz CT molecular complexity index is 435. The number of benzene rings is 1. The third-order valence-corrected chi connectivity index (χ3v) is 4.33. The Hall–Kier alpha value is -0.940. The largest absolute Gasteiger partial charge is 0.478 e. The van der Waals surface area contributed by atoms with Gasteiger partial charge in [-0.25, -0.2) is 4.79 Å². The van der Waals surface area contributed by atoms with E-state index in [0.29, 0.717) is 19.0 Å². The summed E-state index contributed by atoms with van der Waals surface area (Å²) in [7, 11) is 0. The Morgan fingerprint density at radius 2 is 1.72 bits per heavy atom. The Balaban J connectivity index is 2.81. The highest BCUT2D eigenvalue weighted by molar-refractivity contribution is 8.07. The van der Waals surface area contributed by atoms with E-state index in [1.165, 1.54) is 24.3 Å². The summed E-state index contributed by atoms with van der Waals surface area (Å²) < 4.78 is 16.1. The van der Waals surface area contributed by atoms with Crippen LogP contribution in [0.1, 0.15) is 24.2 Å². The molecule has 0 atom stereocenters. The van der Waals surface area contributed by atoms with Gasteiger partial charge in [0.1, 0.15) is 5.75 Å². The van der Waals surface area contributed by atoms with Gasteiger partial charge in [-0.15, -0.1) is 0 Å². The molecule has 7 heteroatoms. The van der Waals surface area contributed by atoms with Gasteiger partial charge >= 0.3 is 12.7 Å². The number of aromatic carboxylic acids is 1. The summed E-state index contributed by atoms with van der Waals surface area (Å²) in [6, 6.07) is 5.94. The van der Waals surface area contributed by atoms with E-state index in [-0.39, 0.29) is 5.56 Å². The van der Waals surface area contributed by atoms with E-state index in [0.717, 1.165) is 0 Å². The number of carbonyl (C=O) groups is 1. The van der Waals surface area contributed by atoms with E-state index >= 15 is 0 Å². The van der Waals surface area contributed by atoms with Gasteiger partial charge < -0.3 is 9.63 Å². The lowest BCUT2D eigenvalue weighted by molar-refractivity contribution is 0.0697. The normalized spacial score (nSPS) is 11.2. The maximum atomic E-state index is 10.7. The molecule has 0 saturated heterocycles. The minimum absolute atomic E-state index is 0.184. The van der Waals surface area contributed by atoms with Crippen molar-refractivity contribution in [2.45, 2.75) is 13.8 Å². The molecule has 0 bridgehead atoms. The molecule has 0 aromatic heterocycles. The summed E-state index contributed by atoms with van der Waals surface area (Å²) >= 11 is 5.19. The quantitative estimate of drug-likeness (QED) is 0.779. The molecule has 18 heavy (non-hydrogen) atoms. The highest BCUT2D eigenvalue weighted by Crippen LogP contribution is 2.49. The first-order valence-electron chi connectivity index (χ1n) is 5.43. The number of hydrogen-bond donors (Lipinski definition) is 1. The molecule has 0 saturated carbocycles. The van der Waals surface area contributed by atoms with E-state index < -0.39 is 12.7 Å². The summed E-state index contributed by atoms with van der Waals surface area (Å²) in [4.78, 5) is 10.7. The lowest BCUT2D eigenvalue weighted by Gasteiger charge is -2.20. The molecule has 5 nitrogen and oxygen atoms in total. The van der Waals surface area contributed by atoms with Crippen molar-refractivity contribution < 1.29 is 23.5 Å². The monoisotopic (exact) mass is 290 g/mol. The van der Waals surface area contributed by atoms with Crippen LogP contribution in [-0.2, 0) is 20.9 Å². The second-order valence-corrected chi connectivity index (χ2v) is 6.14. The zero-order chi connectivity index (χ0) is 13.6. The van der Waals surface area contributed by atoms with Crippen LogP contribution in [0.3, 0.4) is 0 Å². The molecule has 0 aliphatic carbocycles. The number of carboxylic acids is 1. The van der Waals surface area contributed by atoms with Crippen LogP contribution in [0, 0.1) is 0 Å². The van der Waals surface area contributed by atoms with Crippen molar-refractivity contribution in [3.8, 4) is 5.75 Å². The molecule has 100 valence electrons. The van der Waals surface area contributed by atoms with Crippen LogP contribution < -0.4 is 4.52 Å². The second kappa shape index (κ2) is 6.85. The molecule has 0 aliphatic rings. The number of carboxylic acid groups (broad SMARTS) is 1. The van der Waals surface area contributed by atoms with Crippen LogP contribution in [0.5, 0.6) is 5.75 Å². The fourth-order valence-electron chi connectivity index (χ4n) is 1.19. The Morgan fingerprint density at radius 3 is 2.11 bits per heavy atom. The summed E-state index contributed by atoms with van der Waals surface area (Å²) in [6.07, 6.45) is 0. The summed E-state index contributed by atoms with van der Waals surface area (Å²) in [5.74, 6) is -0.555. The van der Waals surface area contributed by atoms with Gasteiger partial charge in [-0.1, -0.05) is 0 Å². The average molecular weight is 290 g/mol. The van der Waals surface area contributed by atoms with Crippen molar-refractivity contribution in [2.75, 3.05) is 13.2 Å². The lowest BCUT2D eigenvalue weighted by Crippen LogP contribution is -2.02. The zero-order valence-electron chi connectivity index (χ0n) is 10.2.